The maximum Gasteiger partial charge on any atom is 0.425 e. The van der Waals surface area contributed by atoms with E-state index in [0.29, 0.717) is 0 Å². The fraction of sp³-hybridized carbons (Fsp3) is 0.300. The molecule has 0 N–H and O–H groups in total. The van der Waals surface area contributed by atoms with Crippen LogP contribution in [0.2, 0.25) is 5.02 Å². The van der Waals surface area contributed by atoms with E-state index in [9.17, 15) is 26.7 Å². The van der Waals surface area contributed by atoms with Crippen molar-refractivity contribution in [2.75, 3.05) is 13.1 Å². The van der Waals surface area contributed by atoms with Crippen LogP contribution in [0, 0.1) is 23.0 Å². The van der Waals surface area contributed by atoms with Crippen LogP contribution in [0.1, 0.15) is 22.8 Å². The standard InChI is InChI=1S/C20H14ClF5N2O3/c1-10(20(24,25)26)30-16-5-2-11(7-27)18(21)17(16)19(29)28-8-13(9-28)31-12-3-4-14(22)15(23)6-12/h2-6,10,13H,8-9H2,1H3. The second kappa shape index (κ2) is 8.59. The topological polar surface area (TPSA) is 62.6 Å². The molecule has 31 heavy (non-hydrogen) atoms. The molecule has 1 aliphatic heterocycles. The lowest BCUT2D eigenvalue weighted by atomic mass is 10.0. The zero-order valence-electron chi connectivity index (χ0n) is 15.8. The summed E-state index contributed by atoms with van der Waals surface area (Å²) in [6, 6.07) is 6.97. The van der Waals surface area contributed by atoms with E-state index in [1.807, 2.05) is 0 Å². The molecule has 0 radical (unpaired) electrons. The molecule has 1 saturated heterocycles. The minimum atomic E-state index is -4.68. The molecule has 0 bridgehead atoms. The lowest BCUT2D eigenvalue weighted by molar-refractivity contribution is -0.189. The summed E-state index contributed by atoms with van der Waals surface area (Å²) < 4.78 is 75.3. The van der Waals surface area contributed by atoms with Crippen molar-refractivity contribution >= 4 is 17.5 Å². The Morgan fingerprint density at radius 1 is 1.23 bits per heavy atom. The number of ether oxygens (including phenoxy) is 2. The summed E-state index contributed by atoms with van der Waals surface area (Å²) in [5.74, 6) is -3.24. The summed E-state index contributed by atoms with van der Waals surface area (Å²) >= 11 is 6.09. The Labute approximate surface area is 178 Å². The average Bonchev–Trinajstić information content (AvgIpc) is 2.66. The zero-order valence-corrected chi connectivity index (χ0v) is 16.6. The third kappa shape index (κ3) is 4.82. The molecule has 3 rings (SSSR count). The Hall–Kier alpha value is -3.06. The van der Waals surface area contributed by atoms with Gasteiger partial charge in [0.15, 0.2) is 17.7 Å². The normalized spacial score (nSPS) is 15.1. The predicted octanol–water partition coefficient (Wildman–Crippen LogP) is 4.72. The number of hydrogen-bond donors (Lipinski definition) is 0. The van der Waals surface area contributed by atoms with E-state index < -0.39 is 41.7 Å². The van der Waals surface area contributed by atoms with Crippen molar-refractivity contribution in [2.45, 2.75) is 25.3 Å². The highest BCUT2D eigenvalue weighted by Crippen LogP contribution is 2.35. The van der Waals surface area contributed by atoms with Crippen LogP contribution in [0.3, 0.4) is 0 Å². The number of carbonyl (C=O) groups excluding carboxylic acids is 1. The molecule has 1 aliphatic rings. The summed E-state index contributed by atoms with van der Waals surface area (Å²) in [6.45, 7) is 0.800. The summed E-state index contributed by atoms with van der Waals surface area (Å²) in [5, 5.41) is 8.80. The Morgan fingerprint density at radius 2 is 1.90 bits per heavy atom. The van der Waals surface area contributed by atoms with Gasteiger partial charge in [0.1, 0.15) is 29.2 Å². The fourth-order valence-electron chi connectivity index (χ4n) is 2.78. The first-order valence-corrected chi connectivity index (χ1v) is 9.26. The van der Waals surface area contributed by atoms with Gasteiger partial charge in [-0.15, -0.1) is 0 Å². The van der Waals surface area contributed by atoms with Crippen LogP contribution in [-0.4, -0.2) is 42.3 Å². The molecule has 0 saturated carbocycles. The van der Waals surface area contributed by atoms with E-state index in [-0.39, 0.29) is 35.0 Å². The number of halogens is 6. The first-order valence-electron chi connectivity index (χ1n) is 8.88. The molecule has 0 spiro atoms. The van der Waals surface area contributed by atoms with Crippen LogP contribution < -0.4 is 9.47 Å². The van der Waals surface area contributed by atoms with E-state index >= 15 is 0 Å². The molecule has 2 aromatic carbocycles. The summed E-state index contributed by atoms with van der Waals surface area (Å²) in [7, 11) is 0. The number of nitriles is 1. The number of rotatable bonds is 5. The number of hydrogen-bond acceptors (Lipinski definition) is 4. The van der Waals surface area contributed by atoms with Crippen LogP contribution in [0.25, 0.3) is 0 Å². The number of amides is 1. The Morgan fingerprint density at radius 3 is 2.48 bits per heavy atom. The Balaban J connectivity index is 1.76. The molecule has 0 aromatic heterocycles. The second-order valence-corrected chi connectivity index (χ2v) is 7.12. The molecule has 1 unspecified atom stereocenters. The van der Waals surface area contributed by atoms with Crippen LogP contribution >= 0.6 is 11.6 Å². The molecule has 2 aromatic rings. The van der Waals surface area contributed by atoms with Gasteiger partial charge in [0.2, 0.25) is 0 Å². The molecule has 1 fully saturated rings. The third-order valence-corrected chi connectivity index (χ3v) is 4.92. The van der Waals surface area contributed by atoms with E-state index in [1.165, 1.54) is 11.0 Å². The maximum atomic E-state index is 13.3. The van der Waals surface area contributed by atoms with Gasteiger partial charge in [-0.25, -0.2) is 8.78 Å². The molecular weight excluding hydrogens is 447 g/mol. The average molecular weight is 461 g/mol. The summed E-state index contributed by atoms with van der Waals surface area (Å²) in [6.07, 6.45) is -7.45. The lowest BCUT2D eigenvalue weighted by Gasteiger charge is -2.39. The first kappa shape index (κ1) is 22.6. The molecule has 164 valence electrons. The Kier molecular flexibility index (Phi) is 6.27. The number of benzene rings is 2. The monoisotopic (exact) mass is 460 g/mol. The SMILES string of the molecule is CC(Oc1ccc(C#N)c(Cl)c1C(=O)N1CC(Oc2ccc(F)c(F)c2)C1)C(F)(F)F. The predicted molar refractivity (Wildman–Crippen MR) is 99.0 cm³/mol. The fourth-order valence-corrected chi connectivity index (χ4v) is 3.06. The molecule has 0 aliphatic carbocycles. The van der Waals surface area contributed by atoms with Crippen LogP contribution in [-0.2, 0) is 0 Å². The van der Waals surface area contributed by atoms with Gasteiger partial charge < -0.3 is 14.4 Å². The number of nitrogens with zero attached hydrogens (tertiary/aromatic N) is 2. The number of likely N-dealkylation sites (tertiary alicyclic amines) is 1. The number of alkyl halides is 3. The minimum Gasteiger partial charge on any atom is -0.487 e. The summed E-state index contributed by atoms with van der Waals surface area (Å²) in [4.78, 5) is 14.1. The van der Waals surface area contributed by atoms with Crippen molar-refractivity contribution < 1.29 is 36.2 Å². The molecule has 1 heterocycles. The van der Waals surface area contributed by atoms with E-state index in [1.54, 1.807) is 6.07 Å². The molecule has 5 nitrogen and oxygen atoms in total. The second-order valence-electron chi connectivity index (χ2n) is 6.74. The largest absolute Gasteiger partial charge is 0.487 e. The highest BCUT2D eigenvalue weighted by molar-refractivity contribution is 6.35. The van der Waals surface area contributed by atoms with Crippen LogP contribution in [0.15, 0.2) is 30.3 Å². The van der Waals surface area contributed by atoms with Crippen molar-refractivity contribution in [1.29, 1.82) is 5.26 Å². The van der Waals surface area contributed by atoms with Crippen molar-refractivity contribution in [2.24, 2.45) is 0 Å². The molecule has 1 amide bonds. The van der Waals surface area contributed by atoms with Gasteiger partial charge >= 0.3 is 6.18 Å². The van der Waals surface area contributed by atoms with Crippen LogP contribution in [0.4, 0.5) is 22.0 Å². The number of carbonyl (C=O) groups is 1. The van der Waals surface area contributed by atoms with Crippen molar-refractivity contribution in [3.63, 3.8) is 0 Å². The zero-order chi connectivity index (χ0) is 22.9. The van der Waals surface area contributed by atoms with E-state index in [2.05, 4.69) is 0 Å². The van der Waals surface area contributed by atoms with Gasteiger partial charge in [-0.05, 0) is 31.2 Å². The third-order valence-electron chi connectivity index (χ3n) is 4.53. The molecule has 11 heteroatoms. The molecule has 1 atom stereocenters. The van der Waals surface area contributed by atoms with Gasteiger partial charge in [0.25, 0.3) is 5.91 Å². The van der Waals surface area contributed by atoms with Gasteiger partial charge in [-0.3, -0.25) is 4.79 Å². The van der Waals surface area contributed by atoms with Crippen molar-refractivity contribution in [1.82, 2.24) is 4.90 Å². The highest BCUT2D eigenvalue weighted by atomic mass is 35.5. The van der Waals surface area contributed by atoms with Gasteiger partial charge in [0, 0.05) is 6.07 Å². The van der Waals surface area contributed by atoms with Crippen molar-refractivity contribution in [3.05, 3.63) is 58.1 Å². The smallest absolute Gasteiger partial charge is 0.425 e. The first-order chi connectivity index (χ1) is 14.5. The summed E-state index contributed by atoms with van der Waals surface area (Å²) in [5.41, 5.74) is -0.477. The lowest BCUT2D eigenvalue weighted by Crippen LogP contribution is -2.56. The quantitative estimate of drug-likeness (QED) is 0.606. The van der Waals surface area contributed by atoms with Gasteiger partial charge in [-0.1, -0.05) is 11.6 Å². The maximum absolute atomic E-state index is 13.3. The van der Waals surface area contributed by atoms with Gasteiger partial charge in [-0.2, -0.15) is 18.4 Å². The minimum absolute atomic E-state index is 0.0131. The van der Waals surface area contributed by atoms with Crippen molar-refractivity contribution in [3.8, 4) is 17.6 Å². The molecular formula is C20H14ClF5N2O3. The highest BCUT2D eigenvalue weighted by Gasteiger charge is 2.40. The van der Waals surface area contributed by atoms with E-state index in [0.717, 1.165) is 31.2 Å². The Bertz CT molecular complexity index is 1050. The van der Waals surface area contributed by atoms with E-state index in [4.69, 9.17) is 26.3 Å². The van der Waals surface area contributed by atoms with Gasteiger partial charge in [0.05, 0.1) is 23.7 Å². The van der Waals surface area contributed by atoms with Crippen LogP contribution in [0.5, 0.6) is 11.5 Å².